The summed E-state index contributed by atoms with van der Waals surface area (Å²) in [6.45, 7) is 2.41. The number of nitrogens with one attached hydrogen (secondary N) is 1. The molecule has 2 heterocycles. The Labute approximate surface area is 198 Å². The number of hydrogen-bond acceptors (Lipinski definition) is 9. The molecule has 10 heteroatoms. The van der Waals surface area contributed by atoms with Crippen LogP contribution in [0.15, 0.2) is 67.0 Å². The van der Waals surface area contributed by atoms with Crippen LogP contribution in [0, 0.1) is 10.1 Å². The molecule has 0 aliphatic carbocycles. The molecule has 0 unspecified atom stereocenters. The maximum Gasteiger partial charge on any atom is 0.354 e. The van der Waals surface area contributed by atoms with Crippen LogP contribution in [0.2, 0.25) is 0 Å². The van der Waals surface area contributed by atoms with Crippen molar-refractivity contribution in [1.82, 2.24) is 15.0 Å². The van der Waals surface area contributed by atoms with Crippen LogP contribution >= 0.6 is 11.3 Å². The second kappa shape index (κ2) is 8.91. The molecule has 0 saturated carbocycles. The highest BCUT2D eigenvalue weighted by atomic mass is 32.1. The predicted octanol–water partition coefficient (Wildman–Crippen LogP) is 6.06. The number of ether oxygens (including phenoxy) is 1. The highest BCUT2D eigenvalue weighted by molar-refractivity contribution is 7.22. The van der Waals surface area contributed by atoms with Gasteiger partial charge in [0.05, 0.1) is 27.9 Å². The van der Waals surface area contributed by atoms with Gasteiger partial charge in [0.25, 0.3) is 0 Å². The topological polar surface area (TPSA) is 106 Å². The van der Waals surface area contributed by atoms with Crippen molar-refractivity contribution < 1.29 is 9.66 Å². The van der Waals surface area contributed by atoms with Gasteiger partial charge in [-0.05, 0) is 36.6 Å². The van der Waals surface area contributed by atoms with Crippen LogP contribution in [-0.2, 0) is 0 Å². The summed E-state index contributed by atoms with van der Waals surface area (Å²) in [5.74, 6) is 1.01. The average Bonchev–Trinajstić information content (AvgIpc) is 3.26. The third kappa shape index (κ3) is 3.84. The van der Waals surface area contributed by atoms with E-state index in [4.69, 9.17) is 4.74 Å². The van der Waals surface area contributed by atoms with E-state index in [-0.39, 0.29) is 17.3 Å². The van der Waals surface area contributed by atoms with E-state index in [2.05, 4.69) is 20.3 Å². The number of thiazole rings is 1. The van der Waals surface area contributed by atoms with Crippen molar-refractivity contribution in [3.05, 3.63) is 77.1 Å². The van der Waals surface area contributed by atoms with E-state index in [1.807, 2.05) is 72.5 Å². The molecule has 0 saturated heterocycles. The van der Waals surface area contributed by atoms with Gasteiger partial charge in [0.1, 0.15) is 12.1 Å². The summed E-state index contributed by atoms with van der Waals surface area (Å²) in [5.41, 5.74) is 1.38. The van der Waals surface area contributed by atoms with E-state index < -0.39 is 4.92 Å². The van der Waals surface area contributed by atoms with E-state index in [0.29, 0.717) is 17.4 Å². The zero-order valence-corrected chi connectivity index (χ0v) is 19.2. The Morgan fingerprint density at radius 3 is 2.74 bits per heavy atom. The maximum absolute atomic E-state index is 12.2. The van der Waals surface area contributed by atoms with Crippen LogP contribution in [-0.4, -0.2) is 33.5 Å². The molecule has 0 bridgehead atoms. The van der Waals surface area contributed by atoms with Gasteiger partial charge in [0.15, 0.2) is 5.13 Å². The molecule has 0 radical (unpaired) electrons. The number of methoxy groups -OCH3 is 1. The first-order valence-corrected chi connectivity index (χ1v) is 11.4. The van der Waals surface area contributed by atoms with Crippen LogP contribution in [0.5, 0.6) is 5.75 Å². The number of hydrogen-bond donors (Lipinski definition) is 1. The summed E-state index contributed by atoms with van der Waals surface area (Å²) >= 11 is 1.36. The van der Waals surface area contributed by atoms with E-state index >= 15 is 0 Å². The Hall–Kier alpha value is -4.31. The van der Waals surface area contributed by atoms with Gasteiger partial charge in [-0.15, -0.1) is 0 Å². The molecule has 0 amide bonds. The van der Waals surface area contributed by atoms with Gasteiger partial charge in [-0.2, -0.15) is 0 Å². The van der Waals surface area contributed by atoms with Crippen molar-refractivity contribution in [2.75, 3.05) is 23.9 Å². The van der Waals surface area contributed by atoms with E-state index in [1.165, 1.54) is 17.7 Å². The molecule has 5 aromatic rings. The van der Waals surface area contributed by atoms with Gasteiger partial charge in [-0.25, -0.2) is 15.0 Å². The second-order valence-electron chi connectivity index (χ2n) is 7.37. The van der Waals surface area contributed by atoms with Crippen molar-refractivity contribution in [2.45, 2.75) is 6.92 Å². The molecule has 5 rings (SSSR count). The first kappa shape index (κ1) is 21.5. The average molecular weight is 473 g/mol. The van der Waals surface area contributed by atoms with Crippen molar-refractivity contribution in [3.8, 4) is 5.75 Å². The highest BCUT2D eigenvalue weighted by Gasteiger charge is 2.28. The summed E-state index contributed by atoms with van der Waals surface area (Å²) in [5, 5.41) is 17.8. The number of anilines is 4. The van der Waals surface area contributed by atoms with Gasteiger partial charge in [0.2, 0.25) is 11.6 Å². The highest BCUT2D eigenvalue weighted by Crippen LogP contribution is 2.40. The van der Waals surface area contributed by atoms with Crippen LogP contribution < -0.4 is 15.0 Å². The zero-order valence-electron chi connectivity index (χ0n) is 18.4. The zero-order chi connectivity index (χ0) is 23.7. The van der Waals surface area contributed by atoms with Crippen LogP contribution in [0.25, 0.3) is 21.0 Å². The van der Waals surface area contributed by atoms with Gasteiger partial charge in [0, 0.05) is 11.9 Å². The fourth-order valence-electron chi connectivity index (χ4n) is 3.89. The lowest BCUT2D eigenvalue weighted by Crippen LogP contribution is -2.20. The number of benzene rings is 3. The molecular formula is C24H20N6O3S. The summed E-state index contributed by atoms with van der Waals surface area (Å²) in [6.07, 6.45) is 1.33. The molecule has 0 fully saturated rings. The van der Waals surface area contributed by atoms with E-state index in [9.17, 15) is 10.1 Å². The third-order valence-electron chi connectivity index (χ3n) is 5.44. The lowest BCUT2D eigenvalue weighted by atomic mass is 10.1. The minimum absolute atomic E-state index is 0.0831. The number of nitro groups is 1. The molecule has 2 aromatic heterocycles. The standard InChI is InChI=1S/C24H20N6O3S/c1-3-29(19-10-6-8-15-7-4-5-9-17(15)19)23-21(30(31)32)22(25-14-26-23)28-24-27-18-12-11-16(33-2)13-20(18)34-24/h4-14H,3H2,1-2H3,(H,25,26,27,28). The fourth-order valence-corrected chi connectivity index (χ4v) is 4.78. The lowest BCUT2D eigenvalue weighted by Gasteiger charge is -2.23. The number of aromatic nitrogens is 3. The summed E-state index contributed by atoms with van der Waals surface area (Å²) in [6, 6.07) is 19.3. The first-order valence-electron chi connectivity index (χ1n) is 10.6. The Morgan fingerprint density at radius 1 is 1.12 bits per heavy atom. The van der Waals surface area contributed by atoms with Crippen LogP contribution in [0.4, 0.5) is 28.1 Å². The Bertz CT molecular complexity index is 1510. The largest absolute Gasteiger partial charge is 0.497 e. The molecule has 0 aliphatic rings. The normalized spacial score (nSPS) is 11.0. The molecule has 0 aliphatic heterocycles. The summed E-state index contributed by atoms with van der Waals surface area (Å²) < 4.78 is 6.16. The molecule has 9 nitrogen and oxygen atoms in total. The molecule has 34 heavy (non-hydrogen) atoms. The molecular weight excluding hydrogens is 452 g/mol. The van der Waals surface area contributed by atoms with E-state index in [1.54, 1.807) is 7.11 Å². The van der Waals surface area contributed by atoms with Gasteiger partial charge >= 0.3 is 5.69 Å². The van der Waals surface area contributed by atoms with E-state index in [0.717, 1.165) is 26.7 Å². The van der Waals surface area contributed by atoms with Crippen molar-refractivity contribution in [3.63, 3.8) is 0 Å². The third-order valence-corrected chi connectivity index (χ3v) is 6.37. The molecule has 3 aromatic carbocycles. The maximum atomic E-state index is 12.2. The number of fused-ring (bicyclic) bond motifs is 2. The Kier molecular flexibility index (Phi) is 5.64. The van der Waals surface area contributed by atoms with Gasteiger partial charge in [-0.1, -0.05) is 47.7 Å². The SMILES string of the molecule is CCN(c1ncnc(Nc2nc3ccc(OC)cc3s2)c1[N+](=O)[O-])c1cccc2ccccc12. The smallest absolute Gasteiger partial charge is 0.354 e. The number of rotatable bonds is 7. The lowest BCUT2D eigenvalue weighted by molar-refractivity contribution is -0.383. The summed E-state index contributed by atoms with van der Waals surface area (Å²) in [7, 11) is 1.60. The fraction of sp³-hybridized carbons (Fsp3) is 0.125. The van der Waals surface area contributed by atoms with Gasteiger partial charge in [-0.3, -0.25) is 10.1 Å². The monoisotopic (exact) mass is 472 g/mol. The number of nitrogens with zero attached hydrogens (tertiary/aromatic N) is 5. The molecule has 170 valence electrons. The van der Waals surface area contributed by atoms with Crippen molar-refractivity contribution in [1.29, 1.82) is 0 Å². The quantitative estimate of drug-likeness (QED) is 0.225. The minimum Gasteiger partial charge on any atom is -0.497 e. The summed E-state index contributed by atoms with van der Waals surface area (Å²) in [4.78, 5) is 26.6. The van der Waals surface area contributed by atoms with Crippen molar-refractivity contribution >= 4 is 60.5 Å². The van der Waals surface area contributed by atoms with Crippen LogP contribution in [0.1, 0.15) is 6.92 Å². The second-order valence-corrected chi connectivity index (χ2v) is 8.40. The first-order chi connectivity index (χ1) is 16.6. The van der Waals surface area contributed by atoms with Crippen molar-refractivity contribution in [2.24, 2.45) is 0 Å². The van der Waals surface area contributed by atoms with Crippen LogP contribution in [0.3, 0.4) is 0 Å². The predicted molar refractivity (Wildman–Crippen MR) is 135 cm³/mol. The molecule has 1 N–H and O–H groups in total. The Morgan fingerprint density at radius 2 is 1.94 bits per heavy atom. The minimum atomic E-state index is -0.457. The van der Waals surface area contributed by atoms with Gasteiger partial charge < -0.3 is 15.0 Å². The Balaban J connectivity index is 1.60. The molecule has 0 spiro atoms. The molecule has 0 atom stereocenters.